The van der Waals surface area contributed by atoms with Crippen molar-refractivity contribution in [2.24, 2.45) is 0 Å². The van der Waals surface area contributed by atoms with Gasteiger partial charge in [-0.3, -0.25) is 10.1 Å². The normalized spacial score (nSPS) is 10.1. The first-order valence-corrected chi connectivity index (χ1v) is 3.33. The van der Waals surface area contributed by atoms with Crippen molar-refractivity contribution in [1.29, 1.82) is 0 Å². The Balaban J connectivity index is 3.50. The van der Waals surface area contributed by atoms with Gasteiger partial charge in [0.1, 0.15) is 0 Å². The Morgan fingerprint density at radius 1 is 1.46 bits per heavy atom. The van der Waals surface area contributed by atoms with E-state index < -0.39 is 22.2 Å². The minimum Gasteiger partial charge on any atom is -0.398 e. The Morgan fingerprint density at radius 2 is 2.00 bits per heavy atom. The fourth-order valence-electron chi connectivity index (χ4n) is 0.856. The summed E-state index contributed by atoms with van der Waals surface area (Å²) in [6.45, 7) is 1.25. The average molecular weight is 188 g/mol. The second-order valence-corrected chi connectivity index (χ2v) is 2.49. The molecule has 0 aliphatic rings. The van der Waals surface area contributed by atoms with Crippen LogP contribution in [0, 0.1) is 28.7 Å². The Hall–Kier alpha value is -1.72. The van der Waals surface area contributed by atoms with E-state index in [0.717, 1.165) is 6.07 Å². The molecule has 0 amide bonds. The number of nitrogens with zero attached hydrogens (tertiary/aromatic N) is 1. The van der Waals surface area contributed by atoms with Crippen molar-refractivity contribution < 1.29 is 13.7 Å². The zero-order valence-electron chi connectivity index (χ0n) is 6.67. The lowest BCUT2D eigenvalue weighted by molar-refractivity contribution is -0.387. The number of rotatable bonds is 1. The minimum atomic E-state index is -1.48. The number of nitrogens with two attached hydrogens (primary N) is 1. The number of benzene rings is 1. The predicted molar refractivity (Wildman–Crippen MR) is 42.2 cm³/mol. The fourth-order valence-corrected chi connectivity index (χ4v) is 0.856. The summed E-state index contributed by atoms with van der Waals surface area (Å²) in [6.07, 6.45) is 0. The molecule has 1 aromatic carbocycles. The molecule has 0 spiro atoms. The number of anilines is 1. The highest BCUT2D eigenvalue weighted by Crippen LogP contribution is 2.26. The number of halogens is 2. The van der Waals surface area contributed by atoms with E-state index in [1.807, 2.05) is 0 Å². The van der Waals surface area contributed by atoms with E-state index in [0.29, 0.717) is 0 Å². The Labute approximate surface area is 72.1 Å². The molecule has 0 aliphatic heterocycles. The molecule has 0 aliphatic carbocycles. The molecule has 1 aromatic rings. The molecule has 0 bridgehead atoms. The van der Waals surface area contributed by atoms with Crippen LogP contribution in [0.5, 0.6) is 0 Å². The van der Waals surface area contributed by atoms with E-state index in [1.54, 1.807) is 0 Å². The van der Waals surface area contributed by atoms with E-state index in [4.69, 9.17) is 5.73 Å². The molecule has 4 nitrogen and oxygen atoms in total. The van der Waals surface area contributed by atoms with Crippen LogP contribution < -0.4 is 5.73 Å². The van der Waals surface area contributed by atoms with Crippen LogP contribution in [-0.2, 0) is 0 Å². The second-order valence-electron chi connectivity index (χ2n) is 2.49. The van der Waals surface area contributed by atoms with Gasteiger partial charge in [-0.15, -0.1) is 0 Å². The number of nitro benzene ring substituents is 1. The van der Waals surface area contributed by atoms with Crippen LogP contribution in [0.2, 0.25) is 0 Å². The van der Waals surface area contributed by atoms with Crippen molar-refractivity contribution in [2.45, 2.75) is 6.92 Å². The van der Waals surface area contributed by atoms with E-state index in [1.165, 1.54) is 6.92 Å². The molecule has 0 fully saturated rings. The van der Waals surface area contributed by atoms with Crippen LogP contribution in [-0.4, -0.2) is 4.92 Å². The highest BCUT2D eigenvalue weighted by atomic mass is 19.2. The van der Waals surface area contributed by atoms with Gasteiger partial charge in [0, 0.05) is 17.3 Å². The first-order valence-electron chi connectivity index (χ1n) is 3.33. The third kappa shape index (κ3) is 1.42. The summed E-state index contributed by atoms with van der Waals surface area (Å²) in [5, 5.41) is 10.2. The summed E-state index contributed by atoms with van der Waals surface area (Å²) in [4.78, 5) is 9.16. The standard InChI is InChI=1S/C7H6F2N2O2/c1-3-4(10)2-5(11(12)13)7(9)6(3)8/h2H,10H2,1H3. The maximum Gasteiger partial charge on any atom is 0.309 e. The van der Waals surface area contributed by atoms with Gasteiger partial charge in [0.25, 0.3) is 0 Å². The van der Waals surface area contributed by atoms with Gasteiger partial charge in [0.2, 0.25) is 5.82 Å². The van der Waals surface area contributed by atoms with Crippen LogP contribution in [0.4, 0.5) is 20.2 Å². The van der Waals surface area contributed by atoms with Gasteiger partial charge in [-0.1, -0.05) is 0 Å². The van der Waals surface area contributed by atoms with E-state index in [9.17, 15) is 18.9 Å². The Kier molecular flexibility index (Phi) is 2.14. The monoisotopic (exact) mass is 188 g/mol. The molecule has 0 aromatic heterocycles. The quantitative estimate of drug-likeness (QED) is 0.414. The van der Waals surface area contributed by atoms with Crippen LogP contribution in [0.25, 0.3) is 0 Å². The summed E-state index contributed by atoms with van der Waals surface area (Å²) in [5.41, 5.74) is 4.02. The Bertz CT molecular complexity index is 379. The lowest BCUT2D eigenvalue weighted by Crippen LogP contribution is -2.01. The van der Waals surface area contributed by atoms with Gasteiger partial charge in [-0.05, 0) is 6.92 Å². The number of nitrogen functional groups attached to an aromatic ring is 1. The molecule has 1 rings (SSSR count). The van der Waals surface area contributed by atoms with Crippen LogP contribution in [0.3, 0.4) is 0 Å². The van der Waals surface area contributed by atoms with Crippen LogP contribution in [0.1, 0.15) is 5.56 Å². The topological polar surface area (TPSA) is 69.2 Å². The van der Waals surface area contributed by atoms with Crippen LogP contribution >= 0.6 is 0 Å². The zero-order valence-corrected chi connectivity index (χ0v) is 6.67. The lowest BCUT2D eigenvalue weighted by Gasteiger charge is -2.02. The summed E-state index contributed by atoms with van der Waals surface area (Å²) in [5.74, 6) is -2.75. The maximum absolute atomic E-state index is 12.9. The van der Waals surface area contributed by atoms with Crippen molar-refractivity contribution in [3.8, 4) is 0 Å². The lowest BCUT2D eigenvalue weighted by atomic mass is 10.1. The maximum atomic E-state index is 12.9. The molecule has 0 heterocycles. The molecule has 0 unspecified atom stereocenters. The van der Waals surface area contributed by atoms with E-state index in [2.05, 4.69) is 0 Å². The van der Waals surface area contributed by atoms with Gasteiger partial charge in [-0.25, -0.2) is 4.39 Å². The third-order valence-electron chi connectivity index (χ3n) is 1.67. The molecule has 0 saturated heterocycles. The molecule has 0 radical (unpaired) electrons. The van der Waals surface area contributed by atoms with Crippen molar-refractivity contribution in [2.75, 3.05) is 5.73 Å². The summed E-state index contributed by atoms with van der Waals surface area (Å²) in [6, 6.07) is 0.799. The van der Waals surface area contributed by atoms with E-state index in [-0.39, 0.29) is 11.3 Å². The van der Waals surface area contributed by atoms with Crippen LogP contribution in [0.15, 0.2) is 6.07 Å². The second kappa shape index (κ2) is 2.96. The molecule has 13 heavy (non-hydrogen) atoms. The number of nitro groups is 1. The summed E-state index contributed by atoms with van der Waals surface area (Å²) >= 11 is 0. The van der Waals surface area contributed by atoms with Gasteiger partial charge in [0.05, 0.1) is 4.92 Å². The van der Waals surface area contributed by atoms with Gasteiger partial charge < -0.3 is 5.73 Å². The zero-order chi connectivity index (χ0) is 10.2. The minimum absolute atomic E-state index is 0.122. The van der Waals surface area contributed by atoms with Gasteiger partial charge in [0.15, 0.2) is 5.82 Å². The summed E-state index contributed by atoms with van der Waals surface area (Å²) in [7, 11) is 0. The summed E-state index contributed by atoms with van der Waals surface area (Å²) < 4.78 is 25.7. The predicted octanol–water partition coefficient (Wildman–Crippen LogP) is 1.76. The molecule has 2 N–H and O–H groups in total. The smallest absolute Gasteiger partial charge is 0.309 e. The van der Waals surface area contributed by atoms with E-state index >= 15 is 0 Å². The molecular formula is C7H6F2N2O2. The molecule has 6 heteroatoms. The average Bonchev–Trinajstić information content (AvgIpc) is 2.07. The third-order valence-corrected chi connectivity index (χ3v) is 1.67. The van der Waals surface area contributed by atoms with Crippen molar-refractivity contribution in [3.63, 3.8) is 0 Å². The SMILES string of the molecule is Cc1c(N)cc([N+](=O)[O-])c(F)c1F. The Morgan fingerprint density at radius 3 is 2.46 bits per heavy atom. The van der Waals surface area contributed by atoms with Crippen molar-refractivity contribution >= 4 is 11.4 Å². The molecule has 0 saturated carbocycles. The first kappa shape index (κ1) is 9.37. The van der Waals surface area contributed by atoms with Gasteiger partial charge >= 0.3 is 5.69 Å². The van der Waals surface area contributed by atoms with Crippen molar-refractivity contribution in [1.82, 2.24) is 0 Å². The number of hydrogen-bond acceptors (Lipinski definition) is 3. The molecule has 0 atom stereocenters. The molecule has 70 valence electrons. The molecular weight excluding hydrogens is 182 g/mol. The highest BCUT2D eigenvalue weighted by Gasteiger charge is 2.21. The largest absolute Gasteiger partial charge is 0.398 e. The highest BCUT2D eigenvalue weighted by molar-refractivity contribution is 5.54. The van der Waals surface area contributed by atoms with Crippen molar-refractivity contribution in [3.05, 3.63) is 33.4 Å². The number of hydrogen-bond donors (Lipinski definition) is 1. The fraction of sp³-hybridized carbons (Fsp3) is 0.143. The first-order chi connectivity index (χ1) is 5.95. The van der Waals surface area contributed by atoms with Gasteiger partial charge in [-0.2, -0.15) is 4.39 Å².